The van der Waals surface area contributed by atoms with E-state index in [-0.39, 0.29) is 23.2 Å². The van der Waals surface area contributed by atoms with Gasteiger partial charge in [-0.25, -0.2) is 0 Å². The molecule has 0 saturated carbocycles. The fraction of sp³-hybridized carbons (Fsp3) is 0.462. The molecule has 0 unspecified atom stereocenters. The normalized spacial score (nSPS) is 15.9. The number of benzene rings is 1. The minimum atomic E-state index is -0.568. The molecule has 1 aliphatic heterocycles. The molecule has 1 fully saturated rings. The zero-order chi connectivity index (χ0) is 14.7. The molecule has 1 aliphatic rings. The summed E-state index contributed by atoms with van der Waals surface area (Å²) in [5, 5.41) is 11.3. The van der Waals surface area contributed by atoms with Gasteiger partial charge in [0.1, 0.15) is 5.56 Å². The zero-order valence-electron chi connectivity index (χ0n) is 11.0. The van der Waals surface area contributed by atoms with Crippen molar-refractivity contribution in [2.75, 3.05) is 20.3 Å². The van der Waals surface area contributed by atoms with Gasteiger partial charge in [0.2, 0.25) is 0 Å². The molecule has 20 heavy (non-hydrogen) atoms. The van der Waals surface area contributed by atoms with Crippen LogP contribution in [0.2, 0.25) is 5.02 Å². The molecule has 108 valence electrons. The maximum absolute atomic E-state index is 12.4. The third-order valence-electron chi connectivity index (χ3n) is 3.44. The summed E-state index contributed by atoms with van der Waals surface area (Å²) >= 11 is 5.84. The summed E-state index contributed by atoms with van der Waals surface area (Å²) in [6.45, 7) is 1.19. The first-order valence-electron chi connectivity index (χ1n) is 6.29. The van der Waals surface area contributed by atoms with Gasteiger partial charge in [0.25, 0.3) is 11.6 Å². The summed E-state index contributed by atoms with van der Waals surface area (Å²) in [6.07, 6.45) is 1.47. The fourth-order valence-corrected chi connectivity index (χ4v) is 2.44. The van der Waals surface area contributed by atoms with E-state index in [0.717, 1.165) is 12.8 Å². The zero-order valence-corrected chi connectivity index (χ0v) is 11.8. The highest BCUT2D eigenvalue weighted by Crippen LogP contribution is 2.25. The molecule has 0 aromatic heterocycles. The molecule has 1 amide bonds. The van der Waals surface area contributed by atoms with E-state index in [1.54, 1.807) is 11.9 Å². The summed E-state index contributed by atoms with van der Waals surface area (Å²) in [4.78, 5) is 24.4. The first kappa shape index (κ1) is 14.7. The minimum Gasteiger partial charge on any atom is -0.381 e. The second-order valence-corrected chi connectivity index (χ2v) is 5.11. The van der Waals surface area contributed by atoms with Gasteiger partial charge in [-0.05, 0) is 25.0 Å². The Morgan fingerprint density at radius 2 is 2.10 bits per heavy atom. The third-order valence-corrected chi connectivity index (χ3v) is 3.68. The molecule has 0 bridgehead atoms. The first-order valence-corrected chi connectivity index (χ1v) is 6.67. The van der Waals surface area contributed by atoms with Gasteiger partial charge < -0.3 is 9.64 Å². The molecule has 1 aromatic carbocycles. The number of carbonyl (C=O) groups is 1. The van der Waals surface area contributed by atoms with Crippen molar-refractivity contribution in [2.24, 2.45) is 0 Å². The van der Waals surface area contributed by atoms with Gasteiger partial charge in [-0.3, -0.25) is 14.9 Å². The lowest BCUT2D eigenvalue weighted by atomic mass is 10.1. The number of nitrogens with zero attached hydrogens (tertiary/aromatic N) is 2. The molecule has 1 saturated heterocycles. The van der Waals surface area contributed by atoms with Crippen LogP contribution in [0.3, 0.4) is 0 Å². The van der Waals surface area contributed by atoms with Crippen LogP contribution in [-0.2, 0) is 4.74 Å². The molecule has 7 heteroatoms. The summed E-state index contributed by atoms with van der Waals surface area (Å²) in [5.41, 5.74) is -0.199. The molecule has 1 aromatic rings. The minimum absolute atomic E-state index is 0.0245. The van der Waals surface area contributed by atoms with E-state index in [1.165, 1.54) is 18.2 Å². The van der Waals surface area contributed by atoms with Gasteiger partial charge in [-0.2, -0.15) is 0 Å². The lowest BCUT2D eigenvalue weighted by Crippen LogP contribution is -2.40. The Morgan fingerprint density at radius 1 is 1.45 bits per heavy atom. The maximum Gasteiger partial charge on any atom is 0.282 e. The predicted octanol–water partition coefficient (Wildman–Crippen LogP) is 2.50. The number of hydrogen-bond acceptors (Lipinski definition) is 4. The topological polar surface area (TPSA) is 72.7 Å². The third kappa shape index (κ3) is 3.08. The molecule has 0 radical (unpaired) electrons. The Kier molecular flexibility index (Phi) is 4.57. The highest BCUT2D eigenvalue weighted by atomic mass is 35.5. The number of rotatable bonds is 3. The average molecular weight is 299 g/mol. The highest BCUT2D eigenvalue weighted by molar-refractivity contribution is 6.31. The molecule has 6 nitrogen and oxygen atoms in total. The Labute approximate surface area is 121 Å². The molecular weight excluding hydrogens is 284 g/mol. The van der Waals surface area contributed by atoms with Crippen LogP contribution in [0.1, 0.15) is 23.2 Å². The van der Waals surface area contributed by atoms with Gasteiger partial charge in [-0.15, -0.1) is 0 Å². The van der Waals surface area contributed by atoms with Crippen LogP contribution in [0.25, 0.3) is 0 Å². The Bertz CT molecular complexity index is 529. The highest BCUT2D eigenvalue weighted by Gasteiger charge is 2.28. The second-order valence-electron chi connectivity index (χ2n) is 4.68. The monoisotopic (exact) mass is 298 g/mol. The first-order chi connectivity index (χ1) is 9.50. The van der Waals surface area contributed by atoms with Crippen LogP contribution in [0.4, 0.5) is 5.69 Å². The molecule has 1 heterocycles. The number of hydrogen-bond donors (Lipinski definition) is 0. The Morgan fingerprint density at radius 3 is 2.70 bits per heavy atom. The number of nitro benzene ring substituents is 1. The van der Waals surface area contributed by atoms with Crippen LogP contribution in [0, 0.1) is 10.1 Å². The number of nitro groups is 1. The van der Waals surface area contributed by atoms with Gasteiger partial charge in [0, 0.05) is 37.4 Å². The predicted molar refractivity (Wildman–Crippen MR) is 74.0 cm³/mol. The molecule has 0 aliphatic carbocycles. The maximum atomic E-state index is 12.4. The summed E-state index contributed by atoms with van der Waals surface area (Å²) in [6, 6.07) is 4.05. The van der Waals surface area contributed by atoms with E-state index in [1.807, 2.05) is 0 Å². The quantitative estimate of drug-likeness (QED) is 0.635. The van der Waals surface area contributed by atoms with Gasteiger partial charge in [0.05, 0.1) is 4.92 Å². The number of halogens is 1. The van der Waals surface area contributed by atoms with Crippen molar-refractivity contribution in [3.8, 4) is 0 Å². The van der Waals surface area contributed by atoms with Gasteiger partial charge in [0.15, 0.2) is 0 Å². The van der Waals surface area contributed by atoms with Gasteiger partial charge >= 0.3 is 0 Å². The van der Waals surface area contributed by atoms with Crippen molar-refractivity contribution in [1.29, 1.82) is 0 Å². The largest absolute Gasteiger partial charge is 0.381 e. The van der Waals surface area contributed by atoms with Crippen LogP contribution in [-0.4, -0.2) is 42.0 Å². The van der Waals surface area contributed by atoms with E-state index in [4.69, 9.17) is 16.3 Å². The van der Waals surface area contributed by atoms with Crippen molar-refractivity contribution in [3.63, 3.8) is 0 Å². The molecule has 0 spiro atoms. The van der Waals surface area contributed by atoms with Crippen LogP contribution < -0.4 is 0 Å². The molecular formula is C13H15ClN2O4. The molecule has 0 atom stereocenters. The van der Waals surface area contributed by atoms with E-state index in [9.17, 15) is 14.9 Å². The average Bonchev–Trinajstić information content (AvgIpc) is 2.46. The van der Waals surface area contributed by atoms with Crippen molar-refractivity contribution in [2.45, 2.75) is 18.9 Å². The molecule has 2 rings (SSSR count). The Hall–Kier alpha value is -1.66. The van der Waals surface area contributed by atoms with E-state index < -0.39 is 4.92 Å². The smallest absolute Gasteiger partial charge is 0.282 e. The lowest BCUT2D eigenvalue weighted by Gasteiger charge is -2.31. The van der Waals surface area contributed by atoms with E-state index >= 15 is 0 Å². The van der Waals surface area contributed by atoms with Crippen molar-refractivity contribution in [1.82, 2.24) is 4.90 Å². The van der Waals surface area contributed by atoms with Gasteiger partial charge in [-0.1, -0.05) is 11.6 Å². The molecule has 0 N–H and O–H groups in total. The fourth-order valence-electron chi connectivity index (χ4n) is 2.27. The number of amides is 1. The van der Waals surface area contributed by atoms with E-state index in [2.05, 4.69) is 0 Å². The number of ether oxygens (including phenoxy) is 1. The lowest BCUT2D eigenvalue weighted by molar-refractivity contribution is -0.385. The summed E-state index contributed by atoms with van der Waals surface area (Å²) < 4.78 is 5.25. The van der Waals surface area contributed by atoms with Crippen LogP contribution in [0.5, 0.6) is 0 Å². The van der Waals surface area contributed by atoms with Crippen molar-refractivity contribution < 1.29 is 14.5 Å². The van der Waals surface area contributed by atoms with Crippen LogP contribution in [0.15, 0.2) is 18.2 Å². The summed E-state index contributed by atoms with van der Waals surface area (Å²) in [7, 11) is 1.66. The standard InChI is InChI=1S/C13H15ClN2O4/c1-15(10-4-6-20-7-5-10)13(17)11-8-9(14)2-3-12(11)16(18)19/h2-3,8,10H,4-7H2,1H3. The van der Waals surface area contributed by atoms with E-state index in [0.29, 0.717) is 18.2 Å². The second kappa shape index (κ2) is 6.19. The van der Waals surface area contributed by atoms with Crippen LogP contribution >= 0.6 is 11.6 Å². The SMILES string of the molecule is CN(C(=O)c1cc(Cl)ccc1[N+](=O)[O-])C1CCOCC1. The van der Waals surface area contributed by atoms with Crippen molar-refractivity contribution >= 4 is 23.2 Å². The van der Waals surface area contributed by atoms with Crippen molar-refractivity contribution in [3.05, 3.63) is 38.9 Å². The Balaban J connectivity index is 2.27. The number of carbonyl (C=O) groups excluding carboxylic acids is 1. The summed E-state index contributed by atoms with van der Waals surface area (Å²) in [5.74, 6) is -0.383.